The van der Waals surface area contributed by atoms with Gasteiger partial charge in [-0.2, -0.15) is 4.37 Å². The number of amides is 1. The maximum absolute atomic E-state index is 12.5. The molecular formula is C23H28N4O2S. The number of benzene rings is 2. The van der Waals surface area contributed by atoms with Crippen molar-refractivity contribution in [1.29, 1.82) is 0 Å². The Labute approximate surface area is 182 Å². The highest BCUT2D eigenvalue weighted by Crippen LogP contribution is 2.20. The monoisotopic (exact) mass is 424 g/mol. The standard InChI is InChI=1S/C23H28N4O2S/c1-17-9-10-20(15-18(17)2)24-22(28)11-12-27(13-14-29-3)23-25-21(26-30-23)16-19-7-5-4-6-8-19/h4-10,15H,11-14,16H2,1-3H3,(H,24,28). The van der Waals surface area contributed by atoms with Crippen LogP contribution in [0.3, 0.4) is 0 Å². The SMILES string of the molecule is COCCN(CCC(=O)Nc1ccc(C)c(C)c1)c1nc(Cc2ccccc2)ns1. The van der Waals surface area contributed by atoms with Gasteiger partial charge in [-0.15, -0.1) is 0 Å². The molecule has 0 radical (unpaired) electrons. The summed E-state index contributed by atoms with van der Waals surface area (Å²) in [5.41, 5.74) is 4.38. The van der Waals surface area contributed by atoms with E-state index in [1.807, 2.05) is 43.3 Å². The molecule has 3 aromatic rings. The van der Waals surface area contributed by atoms with Gasteiger partial charge in [-0.25, -0.2) is 4.98 Å². The molecule has 0 atom stereocenters. The van der Waals surface area contributed by atoms with Crippen molar-refractivity contribution in [3.63, 3.8) is 0 Å². The molecule has 30 heavy (non-hydrogen) atoms. The van der Waals surface area contributed by atoms with Gasteiger partial charge in [0.25, 0.3) is 0 Å². The van der Waals surface area contributed by atoms with Gasteiger partial charge in [0, 0.05) is 50.3 Å². The van der Waals surface area contributed by atoms with Crippen molar-refractivity contribution in [2.75, 3.05) is 37.0 Å². The molecule has 7 heteroatoms. The van der Waals surface area contributed by atoms with Crippen molar-refractivity contribution >= 4 is 28.3 Å². The lowest BCUT2D eigenvalue weighted by atomic mass is 10.1. The van der Waals surface area contributed by atoms with Crippen molar-refractivity contribution in [2.45, 2.75) is 26.7 Å². The van der Waals surface area contributed by atoms with Gasteiger partial charge in [-0.05, 0) is 42.7 Å². The summed E-state index contributed by atoms with van der Waals surface area (Å²) >= 11 is 1.36. The molecule has 1 aromatic heterocycles. The number of rotatable bonds is 10. The summed E-state index contributed by atoms with van der Waals surface area (Å²) in [5.74, 6) is 0.776. The predicted octanol–water partition coefficient (Wildman–Crippen LogP) is 4.23. The summed E-state index contributed by atoms with van der Waals surface area (Å²) in [6, 6.07) is 16.1. The number of nitrogens with one attached hydrogen (secondary N) is 1. The molecule has 0 saturated heterocycles. The van der Waals surface area contributed by atoms with Crippen LogP contribution in [0, 0.1) is 13.8 Å². The van der Waals surface area contributed by atoms with E-state index in [1.165, 1.54) is 22.7 Å². The second kappa shape index (κ2) is 10.8. The number of hydrogen-bond donors (Lipinski definition) is 1. The molecule has 0 spiro atoms. The van der Waals surface area contributed by atoms with Crippen LogP contribution in [-0.2, 0) is 16.0 Å². The van der Waals surface area contributed by atoms with Gasteiger partial charge >= 0.3 is 0 Å². The zero-order valence-electron chi connectivity index (χ0n) is 17.7. The molecule has 0 unspecified atom stereocenters. The number of hydrogen-bond acceptors (Lipinski definition) is 6. The minimum absolute atomic E-state index is 0.0188. The van der Waals surface area contributed by atoms with E-state index in [-0.39, 0.29) is 5.91 Å². The number of anilines is 2. The Morgan fingerprint density at radius 3 is 2.63 bits per heavy atom. The number of carbonyl (C=O) groups is 1. The summed E-state index contributed by atoms with van der Waals surface area (Å²) in [7, 11) is 1.67. The van der Waals surface area contributed by atoms with Crippen molar-refractivity contribution in [2.24, 2.45) is 0 Å². The zero-order chi connectivity index (χ0) is 21.3. The van der Waals surface area contributed by atoms with E-state index in [4.69, 9.17) is 4.74 Å². The van der Waals surface area contributed by atoms with Gasteiger partial charge in [0.1, 0.15) is 5.82 Å². The average molecular weight is 425 g/mol. The topological polar surface area (TPSA) is 67.3 Å². The summed E-state index contributed by atoms with van der Waals surface area (Å²) in [4.78, 5) is 19.2. The van der Waals surface area contributed by atoms with E-state index in [0.717, 1.165) is 22.2 Å². The Kier molecular flexibility index (Phi) is 7.93. The van der Waals surface area contributed by atoms with Crippen molar-refractivity contribution in [1.82, 2.24) is 9.36 Å². The molecule has 0 fully saturated rings. The molecule has 0 saturated carbocycles. The van der Waals surface area contributed by atoms with Crippen LogP contribution in [0.15, 0.2) is 48.5 Å². The summed E-state index contributed by atoms with van der Waals surface area (Å²) in [6.07, 6.45) is 1.06. The van der Waals surface area contributed by atoms with Crippen LogP contribution < -0.4 is 10.2 Å². The number of aryl methyl sites for hydroxylation is 2. The molecule has 3 rings (SSSR count). The van der Waals surface area contributed by atoms with Crippen molar-refractivity contribution in [3.05, 3.63) is 71.0 Å². The number of carbonyl (C=O) groups excluding carboxylic acids is 1. The quantitative estimate of drug-likeness (QED) is 0.528. The smallest absolute Gasteiger partial charge is 0.226 e. The number of nitrogens with zero attached hydrogens (tertiary/aromatic N) is 3. The molecule has 0 aliphatic heterocycles. The Morgan fingerprint density at radius 2 is 1.90 bits per heavy atom. The van der Waals surface area contributed by atoms with Crippen LogP contribution in [0.4, 0.5) is 10.8 Å². The first-order valence-corrected chi connectivity index (χ1v) is 10.8. The molecule has 6 nitrogen and oxygen atoms in total. The fourth-order valence-corrected chi connectivity index (χ4v) is 3.74. The summed E-state index contributed by atoms with van der Waals surface area (Å²) in [5, 5.41) is 3.80. The highest BCUT2D eigenvalue weighted by molar-refractivity contribution is 7.09. The number of aromatic nitrogens is 2. The second-order valence-electron chi connectivity index (χ2n) is 7.23. The lowest BCUT2D eigenvalue weighted by Crippen LogP contribution is -2.30. The van der Waals surface area contributed by atoms with E-state index in [9.17, 15) is 4.79 Å². The van der Waals surface area contributed by atoms with Crippen molar-refractivity contribution in [3.8, 4) is 0 Å². The van der Waals surface area contributed by atoms with Gasteiger partial charge < -0.3 is 15.0 Å². The number of methoxy groups -OCH3 is 1. The van der Waals surface area contributed by atoms with Crippen LogP contribution in [0.2, 0.25) is 0 Å². The van der Waals surface area contributed by atoms with Gasteiger partial charge in [0.2, 0.25) is 11.0 Å². The second-order valence-corrected chi connectivity index (χ2v) is 7.96. The third-order valence-corrected chi connectivity index (χ3v) is 5.71. The van der Waals surface area contributed by atoms with Gasteiger partial charge in [0.05, 0.1) is 6.61 Å². The highest BCUT2D eigenvalue weighted by Gasteiger charge is 2.15. The van der Waals surface area contributed by atoms with Crippen LogP contribution in [0.1, 0.15) is 28.9 Å². The average Bonchev–Trinajstić information content (AvgIpc) is 3.20. The molecule has 0 bridgehead atoms. The first-order valence-electron chi connectivity index (χ1n) is 10.0. The van der Waals surface area contributed by atoms with E-state index >= 15 is 0 Å². The number of ether oxygens (including phenoxy) is 1. The van der Waals surface area contributed by atoms with E-state index in [2.05, 4.69) is 38.6 Å². The lowest BCUT2D eigenvalue weighted by molar-refractivity contribution is -0.116. The summed E-state index contributed by atoms with van der Waals surface area (Å²) in [6.45, 7) is 5.88. The highest BCUT2D eigenvalue weighted by atomic mass is 32.1. The molecular weight excluding hydrogens is 396 g/mol. The van der Waals surface area contributed by atoms with Crippen molar-refractivity contribution < 1.29 is 9.53 Å². The Bertz CT molecular complexity index is 959. The molecule has 1 amide bonds. The lowest BCUT2D eigenvalue weighted by Gasteiger charge is -2.20. The normalized spacial score (nSPS) is 10.8. The molecule has 0 aliphatic carbocycles. The van der Waals surface area contributed by atoms with E-state index in [0.29, 0.717) is 32.5 Å². The Morgan fingerprint density at radius 1 is 1.10 bits per heavy atom. The predicted molar refractivity (Wildman–Crippen MR) is 122 cm³/mol. The maximum Gasteiger partial charge on any atom is 0.226 e. The first-order chi connectivity index (χ1) is 14.5. The van der Waals surface area contributed by atoms with Crippen LogP contribution in [0.25, 0.3) is 0 Å². The maximum atomic E-state index is 12.5. The third kappa shape index (κ3) is 6.37. The van der Waals surface area contributed by atoms with Crippen LogP contribution in [0.5, 0.6) is 0 Å². The molecule has 0 aliphatic rings. The molecule has 158 valence electrons. The van der Waals surface area contributed by atoms with Crippen LogP contribution in [-0.4, -0.2) is 42.1 Å². The third-order valence-electron chi connectivity index (χ3n) is 4.90. The molecule has 1 N–H and O–H groups in total. The van der Waals surface area contributed by atoms with Gasteiger partial charge in [-0.3, -0.25) is 4.79 Å². The van der Waals surface area contributed by atoms with E-state index in [1.54, 1.807) is 7.11 Å². The Hall–Kier alpha value is -2.77. The zero-order valence-corrected chi connectivity index (χ0v) is 18.5. The molecule has 1 heterocycles. The fourth-order valence-electron chi connectivity index (χ4n) is 3.01. The molecule has 2 aromatic carbocycles. The van der Waals surface area contributed by atoms with E-state index < -0.39 is 0 Å². The fraction of sp³-hybridized carbons (Fsp3) is 0.348. The minimum atomic E-state index is -0.0188. The Balaban J connectivity index is 1.60. The summed E-state index contributed by atoms with van der Waals surface area (Å²) < 4.78 is 9.74. The van der Waals surface area contributed by atoms with Crippen LogP contribution >= 0.6 is 11.5 Å². The van der Waals surface area contributed by atoms with Gasteiger partial charge in [0.15, 0.2) is 0 Å². The first kappa shape index (κ1) is 21.9. The largest absolute Gasteiger partial charge is 0.383 e. The minimum Gasteiger partial charge on any atom is -0.383 e. The van der Waals surface area contributed by atoms with Gasteiger partial charge in [-0.1, -0.05) is 36.4 Å².